The minimum absolute atomic E-state index is 0.189. The minimum atomic E-state index is -0.189. The van der Waals surface area contributed by atoms with Crippen molar-refractivity contribution in [2.75, 3.05) is 5.32 Å². The summed E-state index contributed by atoms with van der Waals surface area (Å²) in [6, 6.07) is 5.83. The minimum Gasteiger partial charge on any atom is -0.305 e. The Balaban J connectivity index is 1.81. The number of hydrogen-bond donors (Lipinski definition) is 1. The fourth-order valence-corrected chi connectivity index (χ4v) is 2.45. The van der Waals surface area contributed by atoms with Gasteiger partial charge in [0.05, 0.1) is 12.4 Å². The second-order valence-corrected chi connectivity index (χ2v) is 4.91. The summed E-state index contributed by atoms with van der Waals surface area (Å²) in [7, 11) is 0. The molecule has 3 rings (SSSR count). The summed E-state index contributed by atoms with van der Waals surface area (Å²) in [5.41, 5.74) is 3.26. The van der Waals surface area contributed by atoms with Crippen LogP contribution in [0.1, 0.15) is 27.9 Å². The lowest BCUT2D eigenvalue weighted by atomic mass is 10.1. The Kier molecular flexibility index (Phi) is 3.17. The van der Waals surface area contributed by atoms with Crippen LogP contribution >= 0.6 is 11.6 Å². The highest BCUT2D eigenvalue weighted by molar-refractivity contribution is 6.29. The number of nitrogens with zero attached hydrogens (tertiary/aromatic N) is 2. The Labute approximate surface area is 115 Å². The summed E-state index contributed by atoms with van der Waals surface area (Å²) in [4.78, 5) is 20.0. The number of amides is 1. The summed E-state index contributed by atoms with van der Waals surface area (Å²) in [6.07, 6.45) is 6.22. The average Bonchev–Trinajstić information content (AvgIpc) is 2.85. The maximum atomic E-state index is 12.1. The van der Waals surface area contributed by atoms with Crippen LogP contribution in [0.15, 0.2) is 30.6 Å². The molecule has 1 aliphatic rings. The van der Waals surface area contributed by atoms with Crippen molar-refractivity contribution < 1.29 is 4.79 Å². The number of nitrogens with one attached hydrogen (secondary N) is 1. The van der Waals surface area contributed by atoms with Gasteiger partial charge >= 0.3 is 0 Å². The van der Waals surface area contributed by atoms with E-state index >= 15 is 0 Å². The average molecular weight is 274 g/mol. The van der Waals surface area contributed by atoms with Gasteiger partial charge in [-0.1, -0.05) is 17.7 Å². The zero-order valence-corrected chi connectivity index (χ0v) is 10.9. The highest BCUT2D eigenvalue weighted by Gasteiger charge is 2.14. The lowest BCUT2D eigenvalue weighted by molar-refractivity contribution is 0.102. The summed E-state index contributed by atoms with van der Waals surface area (Å²) in [5.74, 6) is 0.171. The summed E-state index contributed by atoms with van der Waals surface area (Å²) in [6.45, 7) is 0. The van der Waals surface area contributed by atoms with E-state index in [0.29, 0.717) is 11.4 Å². The van der Waals surface area contributed by atoms with Crippen molar-refractivity contribution in [2.45, 2.75) is 19.3 Å². The van der Waals surface area contributed by atoms with Crippen molar-refractivity contribution >= 4 is 23.3 Å². The van der Waals surface area contributed by atoms with Gasteiger partial charge < -0.3 is 5.32 Å². The SMILES string of the molecule is O=C(Nc1cncc(Cl)n1)c1ccc2c(c1)CCC2. The van der Waals surface area contributed by atoms with Gasteiger partial charge in [-0.25, -0.2) is 4.98 Å². The van der Waals surface area contributed by atoms with Gasteiger partial charge in [-0.15, -0.1) is 0 Å². The molecular weight excluding hydrogens is 262 g/mol. The van der Waals surface area contributed by atoms with Gasteiger partial charge in [0.25, 0.3) is 5.91 Å². The molecular formula is C14H12ClN3O. The number of carbonyl (C=O) groups excluding carboxylic acids is 1. The molecule has 0 spiro atoms. The van der Waals surface area contributed by atoms with Crippen LogP contribution in [0.5, 0.6) is 0 Å². The number of benzene rings is 1. The predicted octanol–water partition coefficient (Wildman–Crippen LogP) is 2.87. The van der Waals surface area contributed by atoms with Crippen molar-refractivity contribution in [3.8, 4) is 0 Å². The van der Waals surface area contributed by atoms with E-state index in [4.69, 9.17) is 11.6 Å². The first-order valence-corrected chi connectivity index (χ1v) is 6.51. The Morgan fingerprint density at radius 2 is 2.05 bits per heavy atom. The molecule has 0 radical (unpaired) electrons. The van der Waals surface area contributed by atoms with Gasteiger partial charge in [-0.2, -0.15) is 0 Å². The van der Waals surface area contributed by atoms with Crippen molar-refractivity contribution in [2.24, 2.45) is 0 Å². The zero-order chi connectivity index (χ0) is 13.2. The number of aromatic nitrogens is 2. The Hall–Kier alpha value is -1.94. The van der Waals surface area contributed by atoms with Crippen molar-refractivity contribution in [3.63, 3.8) is 0 Å². The zero-order valence-electron chi connectivity index (χ0n) is 10.2. The van der Waals surface area contributed by atoms with E-state index in [9.17, 15) is 4.79 Å². The highest BCUT2D eigenvalue weighted by atomic mass is 35.5. The molecule has 4 nitrogen and oxygen atoms in total. The van der Waals surface area contributed by atoms with E-state index in [2.05, 4.69) is 15.3 Å². The van der Waals surface area contributed by atoms with Gasteiger partial charge in [0, 0.05) is 5.56 Å². The van der Waals surface area contributed by atoms with Gasteiger partial charge in [-0.3, -0.25) is 9.78 Å². The first-order valence-electron chi connectivity index (χ1n) is 6.13. The molecule has 1 heterocycles. The smallest absolute Gasteiger partial charge is 0.256 e. The molecule has 0 saturated heterocycles. The molecule has 0 bridgehead atoms. The Bertz CT molecular complexity index is 642. The molecule has 19 heavy (non-hydrogen) atoms. The second-order valence-electron chi connectivity index (χ2n) is 4.52. The topological polar surface area (TPSA) is 54.9 Å². The first-order chi connectivity index (χ1) is 9.22. The standard InChI is InChI=1S/C14H12ClN3O/c15-12-7-16-8-13(17-12)18-14(19)11-5-4-9-2-1-3-10(9)6-11/h4-8H,1-3H2,(H,17,18,19). The first kappa shape index (κ1) is 12.1. The molecule has 1 aromatic heterocycles. The lowest BCUT2D eigenvalue weighted by Crippen LogP contribution is -2.13. The second kappa shape index (κ2) is 4.97. The fourth-order valence-electron chi connectivity index (χ4n) is 2.30. The largest absolute Gasteiger partial charge is 0.305 e. The van der Waals surface area contributed by atoms with Gasteiger partial charge in [0.15, 0.2) is 5.82 Å². The Morgan fingerprint density at radius 3 is 2.89 bits per heavy atom. The van der Waals surface area contributed by atoms with Crippen LogP contribution < -0.4 is 5.32 Å². The summed E-state index contributed by atoms with van der Waals surface area (Å²) >= 11 is 5.73. The number of halogens is 1. The normalized spacial score (nSPS) is 13.1. The van der Waals surface area contributed by atoms with Crippen molar-refractivity contribution in [3.05, 3.63) is 52.4 Å². The van der Waals surface area contributed by atoms with Crippen LogP contribution in [0.4, 0.5) is 5.82 Å². The highest BCUT2D eigenvalue weighted by Crippen LogP contribution is 2.23. The summed E-state index contributed by atoms with van der Waals surface area (Å²) in [5, 5.41) is 2.95. The van der Waals surface area contributed by atoms with Crippen molar-refractivity contribution in [1.29, 1.82) is 0 Å². The molecule has 0 aliphatic heterocycles. The van der Waals surface area contributed by atoms with Crippen molar-refractivity contribution in [1.82, 2.24) is 9.97 Å². The number of carbonyl (C=O) groups is 1. The number of anilines is 1. The van der Waals surface area contributed by atoms with E-state index < -0.39 is 0 Å². The van der Waals surface area contributed by atoms with Gasteiger partial charge in [0.2, 0.25) is 0 Å². The lowest BCUT2D eigenvalue weighted by Gasteiger charge is -2.06. The third-order valence-electron chi connectivity index (χ3n) is 3.21. The molecule has 96 valence electrons. The predicted molar refractivity (Wildman–Crippen MR) is 73.5 cm³/mol. The van der Waals surface area contributed by atoms with Gasteiger partial charge in [-0.05, 0) is 42.5 Å². The van der Waals surface area contributed by atoms with E-state index in [0.717, 1.165) is 12.8 Å². The van der Waals surface area contributed by atoms with E-state index in [1.165, 1.54) is 29.9 Å². The number of aryl methyl sites for hydroxylation is 2. The molecule has 0 unspecified atom stereocenters. The third-order valence-corrected chi connectivity index (χ3v) is 3.39. The van der Waals surface area contributed by atoms with Crippen LogP contribution in [-0.2, 0) is 12.8 Å². The van der Waals surface area contributed by atoms with Crippen LogP contribution in [0.3, 0.4) is 0 Å². The molecule has 5 heteroatoms. The molecule has 0 saturated carbocycles. The van der Waals surface area contributed by atoms with E-state index in [1.54, 1.807) is 0 Å². The molecule has 1 aromatic carbocycles. The number of rotatable bonds is 2. The molecule has 0 atom stereocenters. The molecule has 1 N–H and O–H groups in total. The maximum absolute atomic E-state index is 12.1. The third kappa shape index (κ3) is 2.58. The number of hydrogen-bond acceptors (Lipinski definition) is 3. The van der Waals surface area contributed by atoms with Crippen LogP contribution in [0.2, 0.25) is 5.15 Å². The monoisotopic (exact) mass is 273 g/mol. The Morgan fingerprint density at radius 1 is 1.21 bits per heavy atom. The molecule has 0 fully saturated rings. The maximum Gasteiger partial charge on any atom is 0.256 e. The van der Waals surface area contributed by atoms with Gasteiger partial charge in [0.1, 0.15) is 5.15 Å². The molecule has 2 aromatic rings. The molecule has 1 aliphatic carbocycles. The van der Waals surface area contributed by atoms with E-state index in [-0.39, 0.29) is 11.1 Å². The quantitative estimate of drug-likeness (QED) is 0.915. The fraction of sp³-hybridized carbons (Fsp3) is 0.214. The van der Waals surface area contributed by atoms with Crippen LogP contribution in [-0.4, -0.2) is 15.9 Å². The van der Waals surface area contributed by atoms with Crippen LogP contribution in [0, 0.1) is 0 Å². The number of fused-ring (bicyclic) bond motifs is 1. The summed E-state index contributed by atoms with van der Waals surface area (Å²) < 4.78 is 0. The van der Waals surface area contributed by atoms with E-state index in [1.807, 2.05) is 18.2 Å². The molecule has 1 amide bonds. The van der Waals surface area contributed by atoms with Crippen LogP contribution in [0.25, 0.3) is 0 Å².